The average molecular weight is 278 g/mol. The molecule has 20 heavy (non-hydrogen) atoms. The molecule has 0 atom stereocenters. The van der Waals surface area contributed by atoms with Crippen LogP contribution < -0.4 is 5.32 Å². The summed E-state index contributed by atoms with van der Waals surface area (Å²) < 4.78 is 1.74. The van der Waals surface area contributed by atoms with Crippen molar-refractivity contribution in [2.24, 2.45) is 7.05 Å². The highest BCUT2D eigenvalue weighted by atomic mass is 16.2. The fourth-order valence-electron chi connectivity index (χ4n) is 2.68. The number of aryl methyl sites for hydroxylation is 1. The Morgan fingerprint density at radius 1 is 1.35 bits per heavy atom. The van der Waals surface area contributed by atoms with Gasteiger partial charge in [-0.25, -0.2) is 0 Å². The van der Waals surface area contributed by atoms with Gasteiger partial charge in [-0.3, -0.25) is 14.3 Å². The van der Waals surface area contributed by atoms with Crippen LogP contribution in [0.2, 0.25) is 0 Å². The molecular formula is C14H22N4O2. The first kappa shape index (κ1) is 14.6. The summed E-state index contributed by atoms with van der Waals surface area (Å²) in [6.45, 7) is 4.58. The molecule has 0 aromatic carbocycles. The highest BCUT2D eigenvalue weighted by Crippen LogP contribution is 2.22. The Morgan fingerprint density at radius 2 is 2.05 bits per heavy atom. The number of piperazine rings is 1. The van der Waals surface area contributed by atoms with Crippen molar-refractivity contribution in [2.45, 2.75) is 38.6 Å². The Kier molecular flexibility index (Phi) is 4.11. The molecule has 1 aliphatic heterocycles. The Labute approximate surface area is 119 Å². The Balaban J connectivity index is 2.06. The van der Waals surface area contributed by atoms with E-state index in [0.717, 1.165) is 12.0 Å². The zero-order valence-electron chi connectivity index (χ0n) is 12.3. The van der Waals surface area contributed by atoms with E-state index in [9.17, 15) is 9.59 Å². The number of nitrogens with one attached hydrogen (secondary N) is 1. The van der Waals surface area contributed by atoms with Crippen LogP contribution in [0.25, 0.3) is 0 Å². The van der Waals surface area contributed by atoms with Crippen molar-refractivity contribution < 1.29 is 9.59 Å². The van der Waals surface area contributed by atoms with E-state index in [1.165, 1.54) is 0 Å². The minimum Gasteiger partial charge on any atom is -0.340 e. The predicted molar refractivity (Wildman–Crippen MR) is 74.9 cm³/mol. The number of carbonyl (C=O) groups excluding carboxylic acids is 2. The maximum absolute atomic E-state index is 12.6. The lowest BCUT2D eigenvalue weighted by atomic mass is 9.89. The second kappa shape index (κ2) is 5.64. The zero-order chi connectivity index (χ0) is 14.8. The van der Waals surface area contributed by atoms with Gasteiger partial charge in [-0.15, -0.1) is 0 Å². The van der Waals surface area contributed by atoms with Crippen molar-refractivity contribution in [1.82, 2.24) is 20.0 Å². The maximum atomic E-state index is 12.6. The summed E-state index contributed by atoms with van der Waals surface area (Å²) in [6.07, 6.45) is 5.69. The van der Waals surface area contributed by atoms with Crippen molar-refractivity contribution >= 4 is 11.8 Å². The molecule has 0 saturated carbocycles. The molecule has 6 nitrogen and oxygen atoms in total. The van der Waals surface area contributed by atoms with Gasteiger partial charge in [-0.1, -0.05) is 13.8 Å². The molecule has 6 heteroatoms. The molecule has 1 N–H and O–H groups in total. The molecule has 2 amide bonds. The number of carbonyl (C=O) groups is 2. The SMILES string of the molecule is CCC1(CC)NC(=O)CN(CCc2cnn(C)c2)C1=O. The summed E-state index contributed by atoms with van der Waals surface area (Å²) in [5.74, 6) is -0.0366. The normalized spacial score (nSPS) is 18.2. The predicted octanol–water partition coefficient (Wildman–Crippen LogP) is 0.480. The monoisotopic (exact) mass is 278 g/mol. The molecule has 2 rings (SSSR count). The van der Waals surface area contributed by atoms with Gasteiger partial charge in [-0.05, 0) is 24.8 Å². The summed E-state index contributed by atoms with van der Waals surface area (Å²) >= 11 is 0. The molecule has 0 unspecified atom stereocenters. The Morgan fingerprint density at radius 3 is 2.60 bits per heavy atom. The van der Waals surface area contributed by atoms with Gasteiger partial charge < -0.3 is 10.2 Å². The lowest BCUT2D eigenvalue weighted by molar-refractivity contribution is -0.150. The van der Waals surface area contributed by atoms with E-state index in [0.29, 0.717) is 19.4 Å². The largest absolute Gasteiger partial charge is 0.340 e. The minimum absolute atomic E-state index is 0.0333. The molecule has 1 aromatic rings. The van der Waals surface area contributed by atoms with Crippen LogP contribution in [0.1, 0.15) is 32.3 Å². The van der Waals surface area contributed by atoms with E-state index < -0.39 is 5.54 Å². The molecule has 1 fully saturated rings. The molecule has 1 saturated heterocycles. The fraction of sp³-hybridized carbons (Fsp3) is 0.643. The lowest BCUT2D eigenvalue weighted by Crippen LogP contribution is -2.66. The first-order valence-electron chi connectivity index (χ1n) is 7.08. The van der Waals surface area contributed by atoms with Crippen molar-refractivity contribution in [1.29, 1.82) is 0 Å². The van der Waals surface area contributed by atoms with Crippen molar-refractivity contribution in [2.75, 3.05) is 13.1 Å². The van der Waals surface area contributed by atoms with Gasteiger partial charge in [0.2, 0.25) is 11.8 Å². The smallest absolute Gasteiger partial charge is 0.248 e. The van der Waals surface area contributed by atoms with Crippen molar-refractivity contribution in [3.05, 3.63) is 18.0 Å². The van der Waals surface area contributed by atoms with E-state index in [4.69, 9.17) is 0 Å². The van der Waals surface area contributed by atoms with Gasteiger partial charge in [0.15, 0.2) is 0 Å². The summed E-state index contributed by atoms with van der Waals surface area (Å²) in [5.41, 5.74) is 0.356. The summed E-state index contributed by atoms with van der Waals surface area (Å²) in [6, 6.07) is 0. The average Bonchev–Trinajstić information content (AvgIpc) is 2.85. The first-order chi connectivity index (χ1) is 9.50. The van der Waals surface area contributed by atoms with E-state index in [1.54, 1.807) is 15.8 Å². The fourth-order valence-corrected chi connectivity index (χ4v) is 2.68. The van der Waals surface area contributed by atoms with Gasteiger partial charge in [0.05, 0.1) is 12.7 Å². The van der Waals surface area contributed by atoms with Gasteiger partial charge in [0.25, 0.3) is 0 Å². The van der Waals surface area contributed by atoms with Crippen molar-refractivity contribution in [3.63, 3.8) is 0 Å². The molecule has 0 radical (unpaired) electrons. The molecule has 0 aliphatic carbocycles. The van der Waals surface area contributed by atoms with Crippen LogP contribution in [0, 0.1) is 0 Å². The summed E-state index contributed by atoms with van der Waals surface area (Å²) in [4.78, 5) is 26.1. The second-order valence-electron chi connectivity index (χ2n) is 5.34. The second-order valence-corrected chi connectivity index (χ2v) is 5.34. The third-order valence-corrected chi connectivity index (χ3v) is 4.05. The highest BCUT2D eigenvalue weighted by Gasteiger charge is 2.43. The number of aromatic nitrogens is 2. The van der Waals surface area contributed by atoms with Gasteiger partial charge in [0, 0.05) is 19.8 Å². The van der Waals surface area contributed by atoms with E-state index in [2.05, 4.69) is 10.4 Å². The molecule has 2 heterocycles. The number of rotatable bonds is 5. The van der Waals surface area contributed by atoms with Crippen LogP contribution in [-0.4, -0.2) is 45.1 Å². The number of hydrogen-bond donors (Lipinski definition) is 1. The molecule has 1 aromatic heterocycles. The lowest BCUT2D eigenvalue weighted by Gasteiger charge is -2.41. The molecule has 1 aliphatic rings. The highest BCUT2D eigenvalue weighted by molar-refractivity contribution is 5.97. The van der Waals surface area contributed by atoms with Crippen LogP contribution in [0.4, 0.5) is 0 Å². The quantitative estimate of drug-likeness (QED) is 0.852. The van der Waals surface area contributed by atoms with Gasteiger partial charge in [-0.2, -0.15) is 5.10 Å². The maximum Gasteiger partial charge on any atom is 0.248 e. The van der Waals surface area contributed by atoms with E-state index in [1.807, 2.05) is 27.1 Å². The summed E-state index contributed by atoms with van der Waals surface area (Å²) in [5, 5.41) is 6.97. The third kappa shape index (κ3) is 2.69. The zero-order valence-corrected chi connectivity index (χ0v) is 12.3. The van der Waals surface area contributed by atoms with Crippen LogP contribution >= 0.6 is 0 Å². The van der Waals surface area contributed by atoms with E-state index in [-0.39, 0.29) is 18.4 Å². The van der Waals surface area contributed by atoms with Gasteiger partial charge >= 0.3 is 0 Å². The van der Waals surface area contributed by atoms with Crippen LogP contribution in [0.15, 0.2) is 12.4 Å². The molecular weight excluding hydrogens is 256 g/mol. The van der Waals surface area contributed by atoms with E-state index >= 15 is 0 Å². The molecule has 0 bridgehead atoms. The van der Waals surface area contributed by atoms with Crippen LogP contribution in [0.5, 0.6) is 0 Å². The Bertz CT molecular complexity index is 505. The summed E-state index contributed by atoms with van der Waals surface area (Å²) in [7, 11) is 1.86. The molecule has 110 valence electrons. The number of amides is 2. The first-order valence-corrected chi connectivity index (χ1v) is 7.08. The topological polar surface area (TPSA) is 67.2 Å². The Hall–Kier alpha value is -1.85. The molecule has 0 spiro atoms. The van der Waals surface area contributed by atoms with Gasteiger partial charge in [0.1, 0.15) is 5.54 Å². The third-order valence-electron chi connectivity index (χ3n) is 4.05. The minimum atomic E-state index is -0.718. The number of hydrogen-bond acceptors (Lipinski definition) is 3. The standard InChI is InChI=1S/C14H22N4O2/c1-4-14(5-2)13(20)18(10-12(19)16-14)7-6-11-8-15-17(3)9-11/h8-9H,4-7,10H2,1-3H3,(H,16,19). The van der Waals surface area contributed by atoms with Crippen LogP contribution in [0.3, 0.4) is 0 Å². The van der Waals surface area contributed by atoms with Crippen molar-refractivity contribution in [3.8, 4) is 0 Å². The van der Waals surface area contributed by atoms with Crippen LogP contribution in [-0.2, 0) is 23.1 Å². The number of nitrogens with zero attached hydrogens (tertiary/aromatic N) is 3.